The van der Waals surface area contributed by atoms with Crippen LogP contribution in [0.15, 0.2) is 12.3 Å². The highest BCUT2D eigenvalue weighted by Gasteiger charge is 2.24. The summed E-state index contributed by atoms with van der Waals surface area (Å²) in [4.78, 5) is 2.15. The zero-order valence-corrected chi connectivity index (χ0v) is 8.93. The molecule has 0 radical (unpaired) electrons. The van der Waals surface area contributed by atoms with Crippen LogP contribution in [0.1, 0.15) is 12.8 Å². The first-order valence-electron chi connectivity index (χ1n) is 5.31. The summed E-state index contributed by atoms with van der Waals surface area (Å²) in [6, 6.07) is 1.63. The van der Waals surface area contributed by atoms with E-state index in [1.54, 1.807) is 6.20 Å². The summed E-state index contributed by atoms with van der Waals surface area (Å²) >= 11 is 0. The Morgan fingerprint density at radius 2 is 2.20 bits per heavy atom. The van der Waals surface area contributed by atoms with E-state index in [4.69, 9.17) is 5.73 Å². The quantitative estimate of drug-likeness (QED) is 0.745. The normalized spacial score (nSPS) is 27.8. The van der Waals surface area contributed by atoms with Crippen molar-refractivity contribution in [2.24, 2.45) is 12.8 Å². The van der Waals surface area contributed by atoms with Crippen molar-refractivity contribution in [2.45, 2.75) is 25.1 Å². The maximum Gasteiger partial charge on any atom is 0.126 e. The zero-order chi connectivity index (χ0) is 10.8. The van der Waals surface area contributed by atoms with Gasteiger partial charge in [-0.1, -0.05) is 0 Å². The molecule has 1 aromatic rings. The predicted molar refractivity (Wildman–Crippen MR) is 57.5 cm³/mol. The summed E-state index contributed by atoms with van der Waals surface area (Å²) in [6.45, 7) is 1.52. The van der Waals surface area contributed by atoms with E-state index in [1.807, 2.05) is 17.8 Å². The highest BCUT2D eigenvalue weighted by Crippen LogP contribution is 2.19. The number of nitrogens with zero attached hydrogens (tertiary/aromatic N) is 3. The third-order valence-corrected chi connectivity index (χ3v) is 2.99. The van der Waals surface area contributed by atoms with Crippen molar-refractivity contribution in [3.63, 3.8) is 0 Å². The van der Waals surface area contributed by atoms with Crippen molar-refractivity contribution in [2.75, 3.05) is 18.0 Å². The molecule has 0 bridgehead atoms. The Morgan fingerprint density at radius 1 is 1.47 bits per heavy atom. The molecule has 1 aliphatic rings. The molecule has 1 fully saturated rings. The molecule has 15 heavy (non-hydrogen) atoms. The first-order chi connectivity index (χ1) is 7.18. The lowest BCUT2D eigenvalue weighted by atomic mass is 10.1. The molecule has 0 spiro atoms. The van der Waals surface area contributed by atoms with Gasteiger partial charge in [-0.3, -0.25) is 4.68 Å². The molecular formula is C10H17FN4. The molecule has 1 aromatic heterocycles. The Balaban J connectivity index is 2.09. The van der Waals surface area contributed by atoms with Gasteiger partial charge >= 0.3 is 0 Å². The molecule has 2 N–H and O–H groups in total. The van der Waals surface area contributed by atoms with Crippen LogP contribution in [-0.2, 0) is 7.05 Å². The Morgan fingerprint density at radius 3 is 2.87 bits per heavy atom. The molecule has 2 unspecified atom stereocenters. The van der Waals surface area contributed by atoms with E-state index in [0.717, 1.165) is 12.4 Å². The largest absolute Gasteiger partial charge is 0.357 e. The minimum absolute atomic E-state index is 0.316. The minimum atomic E-state index is -0.872. The fraction of sp³-hybridized carbons (Fsp3) is 0.700. The van der Waals surface area contributed by atoms with Gasteiger partial charge in [0.05, 0.1) is 6.20 Å². The lowest BCUT2D eigenvalue weighted by Gasteiger charge is -2.21. The van der Waals surface area contributed by atoms with Crippen LogP contribution in [-0.4, -0.2) is 35.1 Å². The van der Waals surface area contributed by atoms with Crippen LogP contribution in [0.4, 0.5) is 10.2 Å². The van der Waals surface area contributed by atoms with E-state index in [2.05, 4.69) is 10.00 Å². The van der Waals surface area contributed by atoms with Crippen LogP contribution < -0.4 is 10.6 Å². The molecule has 2 rings (SSSR count). The smallest absolute Gasteiger partial charge is 0.126 e. The second-order valence-corrected chi connectivity index (χ2v) is 4.06. The Kier molecular flexibility index (Phi) is 2.90. The van der Waals surface area contributed by atoms with Gasteiger partial charge in [0.25, 0.3) is 0 Å². The van der Waals surface area contributed by atoms with Crippen LogP contribution in [0.5, 0.6) is 0 Å². The molecule has 1 saturated heterocycles. The summed E-state index contributed by atoms with van der Waals surface area (Å²) in [7, 11) is 1.90. The van der Waals surface area contributed by atoms with Gasteiger partial charge in [0.1, 0.15) is 12.0 Å². The maximum absolute atomic E-state index is 13.4. The number of hydrogen-bond donors (Lipinski definition) is 1. The van der Waals surface area contributed by atoms with Crippen LogP contribution in [0.25, 0.3) is 0 Å². The van der Waals surface area contributed by atoms with E-state index in [-0.39, 0.29) is 6.04 Å². The van der Waals surface area contributed by atoms with Gasteiger partial charge in [0.2, 0.25) is 0 Å². The van der Waals surface area contributed by atoms with E-state index in [9.17, 15) is 4.39 Å². The number of rotatable bonds is 1. The van der Waals surface area contributed by atoms with Crippen LogP contribution in [0.2, 0.25) is 0 Å². The van der Waals surface area contributed by atoms with E-state index < -0.39 is 6.17 Å². The van der Waals surface area contributed by atoms with Crippen molar-refractivity contribution in [1.29, 1.82) is 0 Å². The number of nitrogens with two attached hydrogens (primary N) is 1. The topological polar surface area (TPSA) is 47.1 Å². The summed E-state index contributed by atoms with van der Waals surface area (Å²) in [5, 5.41) is 4.11. The van der Waals surface area contributed by atoms with Gasteiger partial charge in [0, 0.05) is 32.2 Å². The Hall–Kier alpha value is -1.10. The lowest BCUT2D eigenvalue weighted by molar-refractivity contribution is 0.274. The molecular weight excluding hydrogens is 195 g/mol. The summed E-state index contributed by atoms with van der Waals surface area (Å²) in [5.41, 5.74) is 5.71. The van der Waals surface area contributed by atoms with Gasteiger partial charge in [-0.25, -0.2) is 4.39 Å². The number of alkyl halides is 1. The highest BCUT2D eigenvalue weighted by atomic mass is 19.1. The molecule has 1 aliphatic heterocycles. The van der Waals surface area contributed by atoms with Gasteiger partial charge in [-0.2, -0.15) is 5.10 Å². The van der Waals surface area contributed by atoms with Crippen molar-refractivity contribution in [3.8, 4) is 0 Å². The van der Waals surface area contributed by atoms with Crippen LogP contribution >= 0.6 is 0 Å². The van der Waals surface area contributed by atoms with Gasteiger partial charge in [-0.15, -0.1) is 0 Å². The monoisotopic (exact) mass is 212 g/mol. The number of hydrogen-bond acceptors (Lipinski definition) is 3. The molecule has 0 aromatic carbocycles. The van der Waals surface area contributed by atoms with Crippen molar-refractivity contribution in [1.82, 2.24) is 9.78 Å². The van der Waals surface area contributed by atoms with Gasteiger partial charge in [0.15, 0.2) is 0 Å². The summed E-state index contributed by atoms with van der Waals surface area (Å²) < 4.78 is 15.2. The summed E-state index contributed by atoms with van der Waals surface area (Å²) in [6.07, 6.45) is 2.09. The third kappa shape index (κ3) is 2.12. The average molecular weight is 212 g/mol. The second kappa shape index (κ2) is 4.18. The average Bonchev–Trinajstić information content (AvgIpc) is 2.57. The molecule has 0 saturated carbocycles. The molecule has 0 aliphatic carbocycles. The predicted octanol–water partition coefficient (Wildman–Crippen LogP) is 0.686. The molecule has 84 valence electrons. The highest BCUT2D eigenvalue weighted by molar-refractivity contribution is 5.38. The number of anilines is 1. The first-order valence-corrected chi connectivity index (χ1v) is 5.31. The van der Waals surface area contributed by atoms with Crippen molar-refractivity contribution in [3.05, 3.63) is 12.3 Å². The number of aryl methyl sites for hydroxylation is 1. The Bertz CT molecular complexity index is 313. The molecule has 5 heteroatoms. The lowest BCUT2D eigenvalue weighted by Crippen LogP contribution is -2.31. The number of aromatic nitrogens is 2. The van der Waals surface area contributed by atoms with E-state index >= 15 is 0 Å². The fourth-order valence-electron chi connectivity index (χ4n) is 2.00. The summed E-state index contributed by atoms with van der Waals surface area (Å²) in [5.74, 6) is 1.04. The van der Waals surface area contributed by atoms with Crippen molar-refractivity contribution < 1.29 is 4.39 Å². The first kappa shape index (κ1) is 10.4. The third-order valence-electron chi connectivity index (χ3n) is 2.99. The molecule has 2 heterocycles. The van der Waals surface area contributed by atoms with Crippen LogP contribution in [0, 0.1) is 0 Å². The number of halogens is 1. The molecule has 2 atom stereocenters. The second-order valence-electron chi connectivity index (χ2n) is 4.06. The minimum Gasteiger partial charge on any atom is -0.357 e. The zero-order valence-electron chi connectivity index (χ0n) is 8.93. The Labute approximate surface area is 88.9 Å². The molecule has 0 amide bonds. The SMILES string of the molecule is Cn1nccc1N1CCC(N)C(F)CC1. The fourth-order valence-corrected chi connectivity index (χ4v) is 2.00. The van der Waals surface area contributed by atoms with E-state index in [0.29, 0.717) is 19.4 Å². The van der Waals surface area contributed by atoms with Crippen molar-refractivity contribution >= 4 is 5.82 Å². The maximum atomic E-state index is 13.4. The standard InChI is InChI=1S/C10H17FN4/c1-14-10(2-5-13-14)15-6-3-8(11)9(12)4-7-15/h2,5,8-9H,3-4,6-7,12H2,1H3. The van der Waals surface area contributed by atoms with Gasteiger partial charge < -0.3 is 10.6 Å². The van der Waals surface area contributed by atoms with E-state index in [1.165, 1.54) is 0 Å². The van der Waals surface area contributed by atoms with Gasteiger partial charge in [-0.05, 0) is 12.8 Å². The van der Waals surface area contributed by atoms with Crippen LogP contribution in [0.3, 0.4) is 0 Å². The molecule has 4 nitrogen and oxygen atoms in total.